The minimum absolute atomic E-state index is 0.174. The van der Waals surface area contributed by atoms with E-state index in [-0.39, 0.29) is 17.3 Å². The SMILES string of the molecule is CCCN1CC(=O)Nc2c1cccc2S(C)(=O)=O. The number of nitrogens with one attached hydrogen (secondary N) is 1. The Hall–Kier alpha value is -1.56. The van der Waals surface area contributed by atoms with Crippen LogP contribution in [0.3, 0.4) is 0 Å². The van der Waals surface area contributed by atoms with Gasteiger partial charge in [-0.05, 0) is 18.6 Å². The molecule has 0 aliphatic carbocycles. The second-order valence-corrected chi connectivity index (χ2v) is 6.38. The second kappa shape index (κ2) is 4.61. The lowest BCUT2D eigenvalue weighted by molar-refractivity contribution is -0.115. The van der Waals surface area contributed by atoms with E-state index in [2.05, 4.69) is 5.32 Å². The van der Waals surface area contributed by atoms with Gasteiger partial charge in [0.2, 0.25) is 5.91 Å². The molecule has 1 aliphatic rings. The smallest absolute Gasteiger partial charge is 0.243 e. The summed E-state index contributed by atoms with van der Waals surface area (Å²) in [6.45, 7) is 3.02. The number of hydrogen-bond acceptors (Lipinski definition) is 4. The zero-order valence-electron chi connectivity index (χ0n) is 10.4. The van der Waals surface area contributed by atoms with E-state index in [0.717, 1.165) is 24.9 Å². The number of nitrogens with zero attached hydrogens (tertiary/aromatic N) is 1. The molecule has 1 aromatic carbocycles. The molecule has 0 radical (unpaired) electrons. The number of rotatable bonds is 3. The van der Waals surface area contributed by atoms with Crippen LogP contribution in [0.25, 0.3) is 0 Å². The van der Waals surface area contributed by atoms with Gasteiger partial charge in [0.15, 0.2) is 9.84 Å². The molecule has 5 nitrogen and oxygen atoms in total. The van der Waals surface area contributed by atoms with E-state index in [1.54, 1.807) is 6.07 Å². The molecule has 0 fully saturated rings. The quantitative estimate of drug-likeness (QED) is 0.896. The van der Waals surface area contributed by atoms with Crippen molar-refractivity contribution in [3.8, 4) is 0 Å². The van der Waals surface area contributed by atoms with Crippen molar-refractivity contribution in [2.24, 2.45) is 0 Å². The molecule has 0 spiro atoms. The molecule has 1 aliphatic heterocycles. The summed E-state index contributed by atoms with van der Waals surface area (Å²) in [5, 5.41) is 2.66. The highest BCUT2D eigenvalue weighted by molar-refractivity contribution is 7.90. The summed E-state index contributed by atoms with van der Waals surface area (Å²) in [7, 11) is -3.35. The molecule has 0 saturated heterocycles. The highest BCUT2D eigenvalue weighted by Gasteiger charge is 2.26. The maximum atomic E-state index is 11.7. The Labute approximate surface area is 107 Å². The maximum absolute atomic E-state index is 11.7. The molecule has 1 N–H and O–H groups in total. The average molecular weight is 268 g/mol. The number of para-hydroxylation sites is 1. The molecule has 0 unspecified atom stereocenters. The van der Waals surface area contributed by atoms with Gasteiger partial charge in [-0.3, -0.25) is 4.79 Å². The molecule has 1 aromatic rings. The van der Waals surface area contributed by atoms with Gasteiger partial charge in [0.1, 0.15) is 0 Å². The molecule has 18 heavy (non-hydrogen) atoms. The van der Waals surface area contributed by atoms with E-state index in [9.17, 15) is 13.2 Å². The lowest BCUT2D eigenvalue weighted by atomic mass is 10.2. The molecule has 6 heteroatoms. The van der Waals surface area contributed by atoms with Gasteiger partial charge < -0.3 is 10.2 Å². The van der Waals surface area contributed by atoms with Crippen molar-refractivity contribution in [3.63, 3.8) is 0 Å². The first-order valence-corrected chi connectivity index (χ1v) is 7.70. The number of carbonyl (C=O) groups is 1. The van der Waals surface area contributed by atoms with Gasteiger partial charge in [0, 0.05) is 12.8 Å². The fraction of sp³-hybridized carbons (Fsp3) is 0.417. The fourth-order valence-electron chi connectivity index (χ4n) is 2.12. The van der Waals surface area contributed by atoms with Crippen molar-refractivity contribution >= 4 is 27.1 Å². The summed E-state index contributed by atoms with van der Waals surface area (Å²) in [4.78, 5) is 13.7. The molecule has 1 heterocycles. The molecular formula is C12H16N2O3S. The van der Waals surface area contributed by atoms with Crippen molar-refractivity contribution in [2.75, 3.05) is 29.6 Å². The van der Waals surface area contributed by atoms with Gasteiger partial charge in [0.05, 0.1) is 22.8 Å². The normalized spacial score (nSPS) is 15.2. The average Bonchev–Trinajstić information content (AvgIpc) is 2.27. The van der Waals surface area contributed by atoms with E-state index in [1.807, 2.05) is 17.9 Å². The number of hydrogen-bond donors (Lipinski definition) is 1. The zero-order valence-corrected chi connectivity index (χ0v) is 11.3. The summed E-state index contributed by atoms with van der Waals surface area (Å²) >= 11 is 0. The summed E-state index contributed by atoms with van der Waals surface area (Å²) in [6.07, 6.45) is 2.04. The van der Waals surface area contributed by atoms with E-state index in [1.165, 1.54) is 6.07 Å². The van der Waals surface area contributed by atoms with Gasteiger partial charge in [0.25, 0.3) is 0 Å². The Balaban J connectivity index is 2.58. The third-order valence-electron chi connectivity index (χ3n) is 2.84. The monoisotopic (exact) mass is 268 g/mol. The minimum Gasteiger partial charge on any atom is -0.361 e. The molecule has 0 bridgehead atoms. The Bertz CT molecular complexity index is 581. The zero-order chi connectivity index (χ0) is 13.3. The lowest BCUT2D eigenvalue weighted by Crippen LogP contribution is -2.39. The van der Waals surface area contributed by atoms with Crippen molar-refractivity contribution in [3.05, 3.63) is 18.2 Å². The first kappa shape index (κ1) is 12.9. The first-order valence-electron chi connectivity index (χ1n) is 5.81. The number of sulfone groups is 1. The van der Waals surface area contributed by atoms with Crippen LogP contribution < -0.4 is 10.2 Å². The standard InChI is InChI=1S/C12H16N2O3S/c1-3-7-14-8-11(15)13-12-9(14)5-4-6-10(12)18(2,16)17/h4-6H,3,7-8H2,1-2H3,(H,13,15). The van der Waals surface area contributed by atoms with Gasteiger partial charge in [-0.15, -0.1) is 0 Å². The van der Waals surface area contributed by atoms with Crippen LogP contribution in [0.15, 0.2) is 23.1 Å². The van der Waals surface area contributed by atoms with Crippen LogP contribution in [0, 0.1) is 0 Å². The summed E-state index contributed by atoms with van der Waals surface area (Å²) in [5.41, 5.74) is 1.18. The summed E-state index contributed by atoms with van der Waals surface area (Å²) in [5.74, 6) is -0.174. The van der Waals surface area contributed by atoms with Crippen LogP contribution in [0.5, 0.6) is 0 Å². The minimum atomic E-state index is -3.35. The topological polar surface area (TPSA) is 66.5 Å². The Morgan fingerprint density at radius 2 is 2.11 bits per heavy atom. The molecule has 2 rings (SSSR count). The maximum Gasteiger partial charge on any atom is 0.243 e. The number of carbonyl (C=O) groups excluding carboxylic acids is 1. The van der Waals surface area contributed by atoms with Crippen LogP contribution in [0.1, 0.15) is 13.3 Å². The van der Waals surface area contributed by atoms with Crippen molar-refractivity contribution in [1.82, 2.24) is 0 Å². The van der Waals surface area contributed by atoms with Crippen molar-refractivity contribution in [2.45, 2.75) is 18.2 Å². The highest BCUT2D eigenvalue weighted by atomic mass is 32.2. The van der Waals surface area contributed by atoms with E-state index >= 15 is 0 Å². The first-order chi connectivity index (χ1) is 8.43. The number of fused-ring (bicyclic) bond motifs is 1. The number of benzene rings is 1. The van der Waals surface area contributed by atoms with E-state index in [4.69, 9.17) is 0 Å². The van der Waals surface area contributed by atoms with Gasteiger partial charge in [-0.25, -0.2) is 8.42 Å². The predicted molar refractivity (Wildman–Crippen MR) is 70.7 cm³/mol. The Morgan fingerprint density at radius 3 is 2.72 bits per heavy atom. The Kier molecular flexibility index (Phi) is 3.30. The summed E-state index contributed by atoms with van der Waals surface area (Å²) in [6, 6.07) is 5.05. The van der Waals surface area contributed by atoms with Gasteiger partial charge in [-0.1, -0.05) is 13.0 Å². The lowest BCUT2D eigenvalue weighted by Gasteiger charge is -2.31. The largest absolute Gasteiger partial charge is 0.361 e. The van der Waals surface area contributed by atoms with Crippen LogP contribution in [-0.2, 0) is 14.6 Å². The van der Waals surface area contributed by atoms with Crippen molar-refractivity contribution < 1.29 is 13.2 Å². The third-order valence-corrected chi connectivity index (χ3v) is 3.98. The molecule has 0 saturated carbocycles. The molecule has 1 amide bonds. The summed E-state index contributed by atoms with van der Waals surface area (Å²) < 4.78 is 23.4. The van der Waals surface area contributed by atoms with Crippen LogP contribution >= 0.6 is 0 Å². The molecular weight excluding hydrogens is 252 g/mol. The van der Waals surface area contributed by atoms with Crippen LogP contribution in [0.4, 0.5) is 11.4 Å². The second-order valence-electron chi connectivity index (χ2n) is 4.39. The fourth-order valence-corrected chi connectivity index (χ4v) is 2.98. The Morgan fingerprint density at radius 1 is 1.39 bits per heavy atom. The highest BCUT2D eigenvalue weighted by Crippen LogP contribution is 2.35. The molecule has 0 aromatic heterocycles. The predicted octanol–water partition coefficient (Wildman–Crippen LogP) is 1.26. The van der Waals surface area contributed by atoms with Crippen molar-refractivity contribution in [1.29, 1.82) is 0 Å². The van der Waals surface area contributed by atoms with Gasteiger partial charge in [-0.2, -0.15) is 0 Å². The van der Waals surface area contributed by atoms with E-state index < -0.39 is 9.84 Å². The van der Waals surface area contributed by atoms with Gasteiger partial charge >= 0.3 is 0 Å². The van der Waals surface area contributed by atoms with Crippen LogP contribution in [0.2, 0.25) is 0 Å². The molecule has 98 valence electrons. The third kappa shape index (κ3) is 2.33. The van der Waals surface area contributed by atoms with Crippen LogP contribution in [-0.4, -0.2) is 33.7 Å². The van der Waals surface area contributed by atoms with E-state index in [0.29, 0.717) is 5.69 Å². The number of anilines is 2. The molecule has 0 atom stereocenters. The number of amides is 1.